The van der Waals surface area contributed by atoms with Crippen molar-refractivity contribution in [3.8, 4) is 0 Å². The summed E-state index contributed by atoms with van der Waals surface area (Å²) in [5.74, 6) is 0.967. The van der Waals surface area contributed by atoms with E-state index >= 15 is 0 Å². The number of nitrogens with one attached hydrogen (secondary N) is 2. The van der Waals surface area contributed by atoms with Gasteiger partial charge in [0.05, 0.1) is 12.1 Å². The molecule has 1 aliphatic rings. The second-order valence-corrected chi connectivity index (χ2v) is 4.79. The Bertz CT molecular complexity index is 380. The summed E-state index contributed by atoms with van der Waals surface area (Å²) >= 11 is 0. The fourth-order valence-corrected chi connectivity index (χ4v) is 2.13. The molecule has 2 N–H and O–H groups in total. The molecule has 1 amide bonds. The number of anilines is 1. The average molecular weight is 236 g/mol. The first-order chi connectivity index (χ1) is 8.18. The van der Waals surface area contributed by atoms with E-state index in [1.807, 2.05) is 24.6 Å². The van der Waals surface area contributed by atoms with Crippen LogP contribution in [0, 0.1) is 5.92 Å². The monoisotopic (exact) mass is 236 g/mol. The quantitative estimate of drug-likeness (QED) is 0.834. The van der Waals surface area contributed by atoms with Crippen LogP contribution in [0.25, 0.3) is 0 Å². The van der Waals surface area contributed by atoms with Crippen molar-refractivity contribution in [2.75, 3.05) is 18.4 Å². The first kappa shape index (κ1) is 12.1. The third-order valence-electron chi connectivity index (χ3n) is 3.08. The van der Waals surface area contributed by atoms with Crippen LogP contribution in [0.3, 0.4) is 0 Å². The van der Waals surface area contributed by atoms with Gasteiger partial charge in [-0.25, -0.2) is 4.68 Å². The molecular weight excluding hydrogens is 216 g/mol. The highest BCUT2D eigenvalue weighted by atomic mass is 16.2. The number of hydrogen-bond acceptors (Lipinski definition) is 3. The lowest BCUT2D eigenvalue weighted by Crippen LogP contribution is -2.37. The molecular formula is C12H20N4O. The van der Waals surface area contributed by atoms with Gasteiger partial charge < -0.3 is 10.6 Å². The van der Waals surface area contributed by atoms with Crippen LogP contribution in [0.4, 0.5) is 5.82 Å². The van der Waals surface area contributed by atoms with E-state index in [9.17, 15) is 4.79 Å². The number of rotatable bonds is 3. The van der Waals surface area contributed by atoms with Crippen molar-refractivity contribution in [3.63, 3.8) is 0 Å². The van der Waals surface area contributed by atoms with Gasteiger partial charge in [-0.05, 0) is 33.2 Å². The number of piperidine rings is 1. The van der Waals surface area contributed by atoms with Crippen molar-refractivity contribution in [1.29, 1.82) is 0 Å². The van der Waals surface area contributed by atoms with Crippen LogP contribution in [-0.4, -0.2) is 28.8 Å². The Morgan fingerprint density at radius 2 is 2.47 bits per heavy atom. The minimum atomic E-state index is 0.0827. The van der Waals surface area contributed by atoms with E-state index in [4.69, 9.17) is 0 Å². The fourth-order valence-electron chi connectivity index (χ4n) is 2.13. The van der Waals surface area contributed by atoms with Gasteiger partial charge >= 0.3 is 0 Å². The van der Waals surface area contributed by atoms with Gasteiger partial charge in [-0.15, -0.1) is 0 Å². The normalized spacial score (nSPS) is 20.5. The Morgan fingerprint density at radius 3 is 3.12 bits per heavy atom. The summed E-state index contributed by atoms with van der Waals surface area (Å²) in [7, 11) is 0. The average Bonchev–Trinajstić information content (AvgIpc) is 2.78. The number of amides is 1. The molecule has 2 heterocycles. The van der Waals surface area contributed by atoms with Gasteiger partial charge in [0.2, 0.25) is 5.91 Å². The summed E-state index contributed by atoms with van der Waals surface area (Å²) in [6.07, 6.45) is 3.75. The molecule has 1 aromatic heterocycles. The van der Waals surface area contributed by atoms with Crippen LogP contribution >= 0.6 is 0 Å². The fraction of sp³-hybridized carbons (Fsp3) is 0.667. The molecule has 0 radical (unpaired) electrons. The van der Waals surface area contributed by atoms with E-state index < -0.39 is 0 Å². The second-order valence-electron chi connectivity index (χ2n) is 4.79. The number of hydrogen-bond donors (Lipinski definition) is 2. The summed E-state index contributed by atoms with van der Waals surface area (Å²) in [5.41, 5.74) is 0. The molecule has 0 saturated carbocycles. The molecule has 1 aromatic rings. The molecule has 5 heteroatoms. The summed E-state index contributed by atoms with van der Waals surface area (Å²) < 4.78 is 1.83. The van der Waals surface area contributed by atoms with Crippen LogP contribution < -0.4 is 10.6 Å². The van der Waals surface area contributed by atoms with Crippen molar-refractivity contribution in [2.24, 2.45) is 5.92 Å². The molecule has 1 saturated heterocycles. The molecule has 0 aromatic carbocycles. The van der Waals surface area contributed by atoms with Crippen molar-refractivity contribution in [3.05, 3.63) is 12.3 Å². The SMILES string of the molecule is CC(C)n1nccc1NC(=O)[C@@H]1CCCNC1. The molecule has 0 spiro atoms. The smallest absolute Gasteiger partial charge is 0.229 e. The third kappa shape index (κ3) is 2.85. The summed E-state index contributed by atoms with van der Waals surface area (Å²) in [4.78, 5) is 12.0. The highest BCUT2D eigenvalue weighted by Gasteiger charge is 2.21. The van der Waals surface area contributed by atoms with Crippen LogP contribution in [0.2, 0.25) is 0 Å². The van der Waals surface area contributed by atoms with Crippen molar-refractivity contribution in [2.45, 2.75) is 32.7 Å². The van der Waals surface area contributed by atoms with Crippen LogP contribution in [0.15, 0.2) is 12.3 Å². The Labute approximate surface area is 102 Å². The van der Waals surface area contributed by atoms with E-state index in [1.165, 1.54) is 0 Å². The van der Waals surface area contributed by atoms with Gasteiger partial charge in [0.15, 0.2) is 0 Å². The third-order valence-corrected chi connectivity index (χ3v) is 3.08. The summed E-state index contributed by atoms with van der Waals surface area (Å²) in [5, 5.41) is 10.4. The minimum absolute atomic E-state index is 0.0827. The van der Waals surface area contributed by atoms with Crippen molar-refractivity contribution >= 4 is 11.7 Å². The lowest BCUT2D eigenvalue weighted by Gasteiger charge is -2.22. The predicted octanol–water partition coefficient (Wildman–Crippen LogP) is 1.40. The van der Waals surface area contributed by atoms with Gasteiger partial charge in [-0.1, -0.05) is 0 Å². The first-order valence-corrected chi connectivity index (χ1v) is 6.23. The van der Waals surface area contributed by atoms with Gasteiger partial charge in [-0.3, -0.25) is 4.79 Å². The number of carbonyl (C=O) groups excluding carboxylic acids is 1. The zero-order valence-electron chi connectivity index (χ0n) is 10.4. The molecule has 5 nitrogen and oxygen atoms in total. The molecule has 0 aliphatic carbocycles. The lowest BCUT2D eigenvalue weighted by atomic mass is 9.99. The minimum Gasteiger partial charge on any atom is -0.316 e. The number of aromatic nitrogens is 2. The summed E-state index contributed by atoms with van der Waals surface area (Å²) in [6.45, 7) is 5.89. The molecule has 1 fully saturated rings. The van der Waals surface area contributed by atoms with E-state index in [-0.39, 0.29) is 17.9 Å². The van der Waals surface area contributed by atoms with Crippen LogP contribution in [-0.2, 0) is 4.79 Å². The highest BCUT2D eigenvalue weighted by Crippen LogP contribution is 2.16. The maximum Gasteiger partial charge on any atom is 0.229 e. The van der Waals surface area contributed by atoms with Gasteiger partial charge in [0.25, 0.3) is 0 Å². The van der Waals surface area contributed by atoms with Gasteiger partial charge in [0, 0.05) is 18.7 Å². The highest BCUT2D eigenvalue weighted by molar-refractivity contribution is 5.92. The first-order valence-electron chi connectivity index (χ1n) is 6.23. The van der Waals surface area contributed by atoms with Gasteiger partial charge in [0.1, 0.15) is 5.82 Å². The Kier molecular flexibility index (Phi) is 3.78. The Hall–Kier alpha value is -1.36. The Morgan fingerprint density at radius 1 is 1.65 bits per heavy atom. The van der Waals surface area contributed by atoms with E-state index in [1.54, 1.807) is 6.20 Å². The van der Waals surface area contributed by atoms with Crippen molar-refractivity contribution in [1.82, 2.24) is 15.1 Å². The van der Waals surface area contributed by atoms with E-state index in [0.29, 0.717) is 0 Å². The summed E-state index contributed by atoms with van der Waals surface area (Å²) in [6, 6.07) is 2.10. The zero-order valence-corrected chi connectivity index (χ0v) is 10.4. The number of nitrogens with zero attached hydrogens (tertiary/aromatic N) is 2. The predicted molar refractivity (Wildman–Crippen MR) is 66.8 cm³/mol. The maximum atomic E-state index is 12.0. The van der Waals surface area contributed by atoms with Gasteiger partial charge in [-0.2, -0.15) is 5.10 Å². The largest absolute Gasteiger partial charge is 0.316 e. The van der Waals surface area contributed by atoms with Crippen LogP contribution in [0.1, 0.15) is 32.7 Å². The molecule has 1 aliphatic heterocycles. The molecule has 2 rings (SSSR count). The molecule has 94 valence electrons. The molecule has 17 heavy (non-hydrogen) atoms. The Balaban J connectivity index is 1.99. The standard InChI is InChI=1S/C12H20N4O/c1-9(2)16-11(5-7-14-16)15-12(17)10-4-3-6-13-8-10/h5,7,9-10,13H,3-4,6,8H2,1-2H3,(H,15,17)/t10-/m1/s1. The number of carbonyl (C=O) groups is 1. The molecule has 1 atom stereocenters. The van der Waals surface area contributed by atoms with Crippen LogP contribution in [0.5, 0.6) is 0 Å². The van der Waals surface area contributed by atoms with E-state index in [0.717, 1.165) is 31.7 Å². The molecule has 0 bridgehead atoms. The molecule has 0 unspecified atom stereocenters. The van der Waals surface area contributed by atoms with Crippen molar-refractivity contribution < 1.29 is 4.79 Å². The lowest BCUT2D eigenvalue weighted by molar-refractivity contribution is -0.120. The topological polar surface area (TPSA) is 59.0 Å². The zero-order chi connectivity index (χ0) is 12.3. The second kappa shape index (κ2) is 5.31. The maximum absolute atomic E-state index is 12.0. The van der Waals surface area contributed by atoms with E-state index in [2.05, 4.69) is 15.7 Å².